The van der Waals surface area contributed by atoms with Crippen molar-refractivity contribution in [2.45, 2.75) is 64.1 Å². The molecule has 4 saturated carbocycles. The molecule has 2 amide bonds. The van der Waals surface area contributed by atoms with Gasteiger partial charge in [-0.3, -0.25) is 9.59 Å². The Morgan fingerprint density at radius 1 is 0.932 bits per heavy atom. The maximum absolute atomic E-state index is 14.3. The summed E-state index contributed by atoms with van der Waals surface area (Å²) in [7, 11) is 1.63. The average molecular weight is 610 g/mol. The molecule has 0 unspecified atom stereocenters. The molecule has 9 heteroatoms. The highest BCUT2D eigenvalue weighted by Crippen LogP contribution is 2.60. The van der Waals surface area contributed by atoms with Crippen molar-refractivity contribution < 1.29 is 27.5 Å². The quantitative estimate of drug-likeness (QED) is 0.229. The van der Waals surface area contributed by atoms with Crippen molar-refractivity contribution in [3.63, 3.8) is 0 Å². The van der Waals surface area contributed by atoms with Crippen molar-refractivity contribution in [3.05, 3.63) is 71.4 Å². The van der Waals surface area contributed by atoms with Crippen LogP contribution in [0, 0.1) is 23.2 Å². The molecule has 4 aliphatic rings. The van der Waals surface area contributed by atoms with E-state index in [1.807, 2.05) is 30.5 Å². The first-order valence-electron chi connectivity index (χ1n) is 15.9. The second-order valence-electron chi connectivity index (χ2n) is 13.4. The lowest BCUT2D eigenvalue weighted by atomic mass is 9.49. The number of halogens is 3. The topological polar surface area (TPSA) is 65.6 Å². The van der Waals surface area contributed by atoms with E-state index in [0.717, 1.165) is 47.9 Å². The molecule has 3 aromatic rings. The number of benzene rings is 2. The smallest absolute Gasteiger partial charge is 0.385 e. The molecule has 236 valence electrons. The molecule has 7 rings (SSSR count). The lowest BCUT2D eigenvalue weighted by Crippen LogP contribution is -2.56. The first-order valence-corrected chi connectivity index (χ1v) is 15.9. The van der Waals surface area contributed by atoms with E-state index in [-0.39, 0.29) is 30.3 Å². The summed E-state index contributed by atoms with van der Waals surface area (Å²) in [4.78, 5) is 35.2. The summed E-state index contributed by atoms with van der Waals surface area (Å²) in [6, 6.07) is 13.0. The van der Waals surface area contributed by atoms with Crippen LogP contribution in [0.4, 0.5) is 13.2 Å². The molecular formula is C35H42F3N3O3. The van der Waals surface area contributed by atoms with Crippen LogP contribution in [0.2, 0.25) is 0 Å². The lowest BCUT2D eigenvalue weighted by molar-refractivity contribution is -0.160. The average Bonchev–Trinajstić information content (AvgIpc) is 3.40. The van der Waals surface area contributed by atoms with Gasteiger partial charge in [0.05, 0.1) is 17.5 Å². The number of hydrogen-bond acceptors (Lipinski definition) is 3. The summed E-state index contributed by atoms with van der Waals surface area (Å²) in [6.45, 7) is 1.43. The fraction of sp³-hybridized carbons (Fsp3) is 0.543. The number of rotatable bonds is 12. The van der Waals surface area contributed by atoms with E-state index in [1.54, 1.807) is 16.9 Å². The van der Waals surface area contributed by atoms with Crippen LogP contribution in [-0.4, -0.2) is 59.9 Å². The van der Waals surface area contributed by atoms with Gasteiger partial charge in [0.25, 0.3) is 0 Å². The summed E-state index contributed by atoms with van der Waals surface area (Å²) in [6.07, 6.45) is 5.16. The zero-order valence-corrected chi connectivity index (χ0v) is 25.4. The van der Waals surface area contributed by atoms with Gasteiger partial charge in [-0.1, -0.05) is 30.3 Å². The Hall–Kier alpha value is -3.33. The second-order valence-corrected chi connectivity index (χ2v) is 13.4. The van der Waals surface area contributed by atoms with Crippen LogP contribution in [0.25, 0.3) is 10.9 Å². The number of carbonyl (C=O) groups excluding carboxylic acids is 2. The van der Waals surface area contributed by atoms with Crippen LogP contribution >= 0.6 is 0 Å². The molecule has 6 nitrogen and oxygen atoms in total. The van der Waals surface area contributed by atoms with Crippen molar-refractivity contribution in [1.82, 2.24) is 14.8 Å². The van der Waals surface area contributed by atoms with Crippen molar-refractivity contribution in [3.8, 4) is 0 Å². The predicted molar refractivity (Wildman–Crippen MR) is 163 cm³/mol. The minimum absolute atomic E-state index is 0.0428. The lowest BCUT2D eigenvalue weighted by Gasteiger charge is -2.56. The fourth-order valence-corrected chi connectivity index (χ4v) is 8.53. The molecular weight excluding hydrogens is 567 g/mol. The van der Waals surface area contributed by atoms with Gasteiger partial charge < -0.3 is 19.5 Å². The van der Waals surface area contributed by atoms with E-state index < -0.39 is 11.7 Å². The molecule has 44 heavy (non-hydrogen) atoms. The van der Waals surface area contributed by atoms with Gasteiger partial charge in [-0.05, 0) is 98.4 Å². The van der Waals surface area contributed by atoms with E-state index >= 15 is 0 Å². The van der Waals surface area contributed by atoms with Gasteiger partial charge >= 0.3 is 6.18 Å². The highest BCUT2D eigenvalue weighted by Gasteiger charge is 2.55. The first-order chi connectivity index (χ1) is 21.1. The van der Waals surface area contributed by atoms with Crippen molar-refractivity contribution in [2.75, 3.05) is 33.4 Å². The number of carbonyl (C=O) groups is 2. The molecule has 4 fully saturated rings. The number of nitrogens with one attached hydrogen (secondary N) is 1. The molecule has 0 saturated heterocycles. The number of aromatic nitrogens is 1. The van der Waals surface area contributed by atoms with Gasteiger partial charge in [-0.15, -0.1) is 0 Å². The first kappa shape index (κ1) is 30.7. The molecule has 4 aliphatic carbocycles. The van der Waals surface area contributed by atoms with Crippen molar-refractivity contribution in [2.24, 2.45) is 23.2 Å². The number of methoxy groups -OCH3 is 1. The SMILES string of the molecule is COCCCN(CC(=O)N(CCc1c[nH]c2ccccc12)Cc1ccc(C(F)(F)F)cc1)C(=O)C12CC3CC(CC(C3)C1)C2. The van der Waals surface area contributed by atoms with Gasteiger partial charge in [0.2, 0.25) is 11.8 Å². The normalized spacial score (nSPS) is 24.1. The molecule has 0 radical (unpaired) electrons. The number of H-pyrrole nitrogens is 1. The van der Waals surface area contributed by atoms with Crippen LogP contribution in [-0.2, 0) is 33.5 Å². The summed E-state index contributed by atoms with van der Waals surface area (Å²) in [5.41, 5.74) is 1.60. The van der Waals surface area contributed by atoms with Gasteiger partial charge in [-0.2, -0.15) is 13.2 Å². The zero-order valence-electron chi connectivity index (χ0n) is 25.4. The van der Waals surface area contributed by atoms with Gasteiger partial charge in [0.15, 0.2) is 0 Å². The number of alkyl halides is 3. The van der Waals surface area contributed by atoms with Crippen LogP contribution < -0.4 is 0 Å². The van der Waals surface area contributed by atoms with Gasteiger partial charge in [0.1, 0.15) is 0 Å². The molecule has 1 heterocycles. The Labute approximate surface area is 256 Å². The van der Waals surface area contributed by atoms with E-state index in [2.05, 4.69) is 4.98 Å². The van der Waals surface area contributed by atoms with E-state index in [1.165, 1.54) is 31.4 Å². The molecule has 4 bridgehead atoms. The van der Waals surface area contributed by atoms with E-state index in [9.17, 15) is 22.8 Å². The third-order valence-electron chi connectivity index (χ3n) is 10.2. The molecule has 2 aromatic carbocycles. The Morgan fingerprint density at radius 2 is 1.59 bits per heavy atom. The maximum atomic E-state index is 14.3. The second kappa shape index (κ2) is 12.6. The molecule has 0 spiro atoms. The fourth-order valence-electron chi connectivity index (χ4n) is 8.53. The minimum Gasteiger partial charge on any atom is -0.385 e. The third-order valence-corrected chi connectivity index (χ3v) is 10.2. The number of para-hydroxylation sites is 1. The van der Waals surface area contributed by atoms with E-state index in [0.29, 0.717) is 55.9 Å². The van der Waals surface area contributed by atoms with Gasteiger partial charge in [0, 0.05) is 50.5 Å². The monoisotopic (exact) mass is 609 g/mol. The zero-order chi connectivity index (χ0) is 30.9. The number of nitrogens with zero attached hydrogens (tertiary/aromatic N) is 2. The highest BCUT2D eigenvalue weighted by atomic mass is 19.4. The minimum atomic E-state index is -4.43. The number of hydrogen-bond donors (Lipinski definition) is 1. The number of ether oxygens (including phenoxy) is 1. The van der Waals surface area contributed by atoms with Crippen LogP contribution in [0.3, 0.4) is 0 Å². The third kappa shape index (κ3) is 6.53. The number of aromatic amines is 1. The largest absolute Gasteiger partial charge is 0.416 e. The number of amides is 2. The summed E-state index contributed by atoms with van der Waals surface area (Å²) < 4.78 is 44.9. The van der Waals surface area contributed by atoms with Gasteiger partial charge in [-0.25, -0.2) is 0 Å². The predicted octanol–water partition coefficient (Wildman–Crippen LogP) is 6.84. The Morgan fingerprint density at radius 3 is 2.23 bits per heavy atom. The summed E-state index contributed by atoms with van der Waals surface area (Å²) in [5.74, 6) is 1.73. The van der Waals surface area contributed by atoms with Crippen LogP contribution in [0.1, 0.15) is 61.6 Å². The van der Waals surface area contributed by atoms with E-state index in [4.69, 9.17) is 4.74 Å². The Kier molecular flexibility index (Phi) is 8.77. The summed E-state index contributed by atoms with van der Waals surface area (Å²) >= 11 is 0. The molecule has 1 N–H and O–H groups in total. The Balaban J connectivity index is 1.22. The standard InChI is InChI=1S/C35H42F3N3O3/c1-44-14-4-12-41(33(43)34-18-25-15-26(19-34)17-27(16-25)20-34)23-32(42)40(22-24-7-9-29(10-8-24)35(36,37)38)13-11-28-21-39-31-6-3-2-5-30(28)31/h2-3,5-10,21,25-27,39H,4,11-20,22-23H2,1H3. The van der Waals surface area contributed by atoms with Crippen molar-refractivity contribution >= 4 is 22.7 Å². The molecule has 0 aliphatic heterocycles. The highest BCUT2D eigenvalue weighted by molar-refractivity contribution is 5.88. The van der Waals surface area contributed by atoms with Crippen molar-refractivity contribution in [1.29, 1.82) is 0 Å². The van der Waals surface area contributed by atoms with Crippen LogP contribution in [0.5, 0.6) is 0 Å². The molecule has 1 aromatic heterocycles. The Bertz CT molecular complexity index is 1430. The summed E-state index contributed by atoms with van der Waals surface area (Å²) in [5, 5.41) is 1.08. The molecule has 0 atom stereocenters. The maximum Gasteiger partial charge on any atom is 0.416 e. The number of fused-ring (bicyclic) bond motifs is 1. The van der Waals surface area contributed by atoms with Crippen LogP contribution in [0.15, 0.2) is 54.7 Å².